The highest BCUT2D eigenvalue weighted by Crippen LogP contribution is 2.41. The summed E-state index contributed by atoms with van der Waals surface area (Å²) in [5.41, 5.74) is 10.3. The monoisotopic (exact) mass is 648 g/mol. The molecule has 0 unspecified atom stereocenters. The van der Waals surface area contributed by atoms with Crippen LogP contribution in [0.1, 0.15) is 19.5 Å². The fraction of sp³-hybridized carbons (Fsp3) is 0.348. The van der Waals surface area contributed by atoms with Gasteiger partial charge in [0.25, 0.3) is 28.9 Å². The summed E-state index contributed by atoms with van der Waals surface area (Å²) in [6.07, 6.45) is 1.58. The molecule has 6 N–H and O–H groups in total. The average Bonchev–Trinajstić information content (AvgIpc) is 3.54. The number of aryl methyl sites for hydroxylation is 1. The highest BCUT2D eigenvalue weighted by atomic mass is 32.2. The lowest BCUT2D eigenvalue weighted by atomic mass is 10.0. The Bertz CT molecular complexity index is 1730. The number of carbonyl (C=O) groups is 4. The number of aliphatic carboxylic acids is 2. The fourth-order valence-electron chi connectivity index (χ4n) is 4.07. The number of β-lactam (4-membered cyclic amide) rings is 1. The van der Waals surface area contributed by atoms with Crippen molar-refractivity contribution < 1.29 is 38.8 Å². The number of thiazole rings is 1. The number of carboxylic acid groups (broad SMARTS) is 2. The van der Waals surface area contributed by atoms with Crippen LogP contribution in [0.15, 0.2) is 39.4 Å². The molecule has 3 aromatic heterocycles. The molecule has 0 saturated carbocycles. The number of nitrogen functional groups attached to an aromatic ring is 2. The van der Waals surface area contributed by atoms with Gasteiger partial charge in [-0.15, -0.1) is 23.1 Å². The van der Waals surface area contributed by atoms with Gasteiger partial charge in [0.1, 0.15) is 22.9 Å². The molecule has 0 aromatic carbocycles. The number of thioether (sulfide) groups is 2. The van der Waals surface area contributed by atoms with Gasteiger partial charge in [-0.05, 0) is 23.9 Å². The predicted octanol–water partition coefficient (Wildman–Crippen LogP) is -2.05. The number of amides is 2. The highest BCUT2D eigenvalue weighted by molar-refractivity contribution is 8.01. The summed E-state index contributed by atoms with van der Waals surface area (Å²) >= 11 is 3.46. The van der Waals surface area contributed by atoms with Crippen molar-refractivity contribution in [1.29, 1.82) is 0 Å². The first-order chi connectivity index (χ1) is 20.3. The number of oxime groups is 1. The van der Waals surface area contributed by atoms with E-state index >= 15 is 0 Å². The summed E-state index contributed by atoms with van der Waals surface area (Å²) in [6.45, 7) is 2.47. The van der Waals surface area contributed by atoms with Crippen molar-refractivity contribution in [3.63, 3.8) is 0 Å². The van der Waals surface area contributed by atoms with Gasteiger partial charge < -0.3 is 36.6 Å². The standard InChI is InChI=1S/C23H24N10O7S3/c1-23(2,20(38)39)40-30-13(10-7-42-21(25)27-10)16(34)29-14-17(35)32-15(19(36)37)9(5-41-18(14)32)6-43-22-28-11(24)4-12-31(3)8-26-33(12)22/h4,7-8,14,18,24H,5-6H2,1-3H3,(H5,25,27,29,34,36,37,38,39)/b30-13-/t14-,18-/m1/s1. The van der Waals surface area contributed by atoms with E-state index in [4.69, 9.17) is 16.3 Å². The number of hydrogen-bond acceptors (Lipinski definition) is 15. The summed E-state index contributed by atoms with van der Waals surface area (Å²) in [6, 6.07) is 0.532. The molecule has 43 heavy (non-hydrogen) atoms. The van der Waals surface area contributed by atoms with Crippen LogP contribution in [0.3, 0.4) is 0 Å². The van der Waals surface area contributed by atoms with Crippen LogP contribution in [0.25, 0.3) is 5.65 Å². The minimum Gasteiger partial charge on any atom is -0.543 e. The van der Waals surface area contributed by atoms with Crippen LogP contribution in [0, 0.1) is 0 Å². The molecule has 0 aliphatic carbocycles. The zero-order chi connectivity index (χ0) is 31.2. The van der Waals surface area contributed by atoms with Gasteiger partial charge >= 0.3 is 5.97 Å². The van der Waals surface area contributed by atoms with Crippen LogP contribution in [-0.4, -0.2) is 87.6 Å². The molecule has 2 aliphatic heterocycles. The molecule has 1 fully saturated rings. The van der Waals surface area contributed by atoms with Gasteiger partial charge in [0.15, 0.2) is 10.8 Å². The number of carbonyl (C=O) groups excluding carboxylic acids is 3. The lowest BCUT2D eigenvalue weighted by molar-refractivity contribution is -0.646. The third-order valence-corrected chi connectivity index (χ3v) is 9.39. The number of hydrogen-bond donors (Lipinski definition) is 4. The van der Waals surface area contributed by atoms with Crippen molar-refractivity contribution in [2.24, 2.45) is 12.2 Å². The van der Waals surface area contributed by atoms with Gasteiger partial charge in [-0.25, -0.2) is 14.3 Å². The van der Waals surface area contributed by atoms with Crippen molar-refractivity contribution in [1.82, 2.24) is 29.8 Å². The van der Waals surface area contributed by atoms with E-state index < -0.39 is 46.5 Å². The maximum atomic E-state index is 13.2. The first-order valence-corrected chi connectivity index (χ1v) is 15.2. The molecular formula is C23H24N10O7S3. The van der Waals surface area contributed by atoms with Crippen molar-refractivity contribution in [3.8, 4) is 0 Å². The van der Waals surface area contributed by atoms with E-state index in [0.717, 1.165) is 16.2 Å². The molecular weight excluding hydrogens is 625 g/mol. The Morgan fingerprint density at radius 2 is 2.09 bits per heavy atom. The number of carboxylic acids is 2. The van der Waals surface area contributed by atoms with Gasteiger partial charge in [0.05, 0.1) is 24.8 Å². The van der Waals surface area contributed by atoms with Crippen molar-refractivity contribution in [2.45, 2.75) is 36.0 Å². The first-order valence-electron chi connectivity index (χ1n) is 12.3. The zero-order valence-corrected chi connectivity index (χ0v) is 25.2. The molecule has 5 heterocycles. The van der Waals surface area contributed by atoms with E-state index in [1.165, 1.54) is 42.8 Å². The lowest BCUT2D eigenvalue weighted by Gasteiger charge is -2.50. The normalized spacial score (nSPS) is 18.8. The van der Waals surface area contributed by atoms with Gasteiger partial charge in [-0.1, -0.05) is 16.9 Å². The molecule has 0 bridgehead atoms. The van der Waals surface area contributed by atoms with Crippen LogP contribution < -0.4 is 26.5 Å². The van der Waals surface area contributed by atoms with Gasteiger partial charge in [-0.3, -0.25) is 14.5 Å². The van der Waals surface area contributed by atoms with E-state index in [9.17, 15) is 29.4 Å². The molecule has 2 atom stereocenters. The third-order valence-electron chi connectivity index (χ3n) is 6.36. The van der Waals surface area contributed by atoms with E-state index in [1.54, 1.807) is 28.5 Å². The van der Waals surface area contributed by atoms with Crippen molar-refractivity contribution in [2.75, 3.05) is 23.0 Å². The first kappa shape index (κ1) is 30.0. The Kier molecular flexibility index (Phi) is 7.92. The summed E-state index contributed by atoms with van der Waals surface area (Å²) in [5.74, 6) is -3.82. The van der Waals surface area contributed by atoms with Gasteiger partial charge in [0.2, 0.25) is 5.60 Å². The number of aromatic nitrogens is 5. The Labute approximate surface area is 255 Å². The maximum Gasteiger partial charge on any atom is 0.350 e. The maximum absolute atomic E-state index is 13.2. The second kappa shape index (κ2) is 11.3. The number of rotatable bonds is 10. The molecule has 2 amide bonds. The van der Waals surface area contributed by atoms with Crippen molar-refractivity contribution >= 4 is 80.9 Å². The quantitative estimate of drug-likeness (QED) is 0.0462. The summed E-state index contributed by atoms with van der Waals surface area (Å²) in [4.78, 5) is 64.6. The van der Waals surface area contributed by atoms with E-state index in [0.29, 0.717) is 16.4 Å². The molecule has 20 heteroatoms. The Morgan fingerprint density at radius 1 is 1.35 bits per heavy atom. The van der Waals surface area contributed by atoms with Gasteiger partial charge in [-0.2, -0.15) is 4.98 Å². The second-order valence-corrected chi connectivity index (χ2v) is 12.7. The largest absolute Gasteiger partial charge is 0.543 e. The molecule has 226 valence electrons. The zero-order valence-electron chi connectivity index (χ0n) is 22.7. The Balaban J connectivity index is 1.35. The number of nitrogens with one attached hydrogen (secondary N) is 1. The Hall–Kier alpha value is -4.43. The number of nitrogens with zero attached hydrogens (tertiary/aromatic N) is 7. The summed E-state index contributed by atoms with van der Waals surface area (Å²) in [5, 5.41) is 33.3. The summed E-state index contributed by atoms with van der Waals surface area (Å²) < 4.78 is 3.32. The highest BCUT2D eigenvalue weighted by Gasteiger charge is 2.53. The Morgan fingerprint density at radius 3 is 2.74 bits per heavy atom. The minimum absolute atomic E-state index is 0.00536. The fourth-order valence-corrected chi connectivity index (χ4v) is 7.06. The van der Waals surface area contributed by atoms with E-state index in [-0.39, 0.29) is 33.8 Å². The second-order valence-electron chi connectivity index (χ2n) is 9.78. The van der Waals surface area contributed by atoms with Crippen LogP contribution in [0.4, 0.5) is 10.9 Å². The van der Waals surface area contributed by atoms with Crippen LogP contribution in [0.5, 0.6) is 0 Å². The minimum atomic E-state index is -1.78. The van der Waals surface area contributed by atoms with Gasteiger partial charge in [0, 0.05) is 22.0 Å². The smallest absolute Gasteiger partial charge is 0.350 e. The number of anilines is 2. The molecule has 0 spiro atoms. The SMILES string of the molecule is C[n+]1cnn2c(SCC3=C(C(=O)[O-])N4C(=O)[C@@H](NC(=O)/C(=N\OC(C)(C)C(=O)O)c5csc(N)n5)[C@H]4SC3)nc(N)cc21. The topological polar surface area (TPSA) is 247 Å². The van der Waals surface area contributed by atoms with E-state index in [2.05, 4.69) is 25.5 Å². The molecule has 5 rings (SSSR count). The van der Waals surface area contributed by atoms with Crippen LogP contribution >= 0.6 is 34.9 Å². The van der Waals surface area contributed by atoms with Crippen LogP contribution in [-0.2, 0) is 31.1 Å². The molecule has 1 saturated heterocycles. The molecule has 17 nitrogen and oxygen atoms in total. The van der Waals surface area contributed by atoms with Crippen LogP contribution in [0.2, 0.25) is 0 Å². The predicted molar refractivity (Wildman–Crippen MR) is 152 cm³/mol. The van der Waals surface area contributed by atoms with E-state index in [1.807, 2.05) is 0 Å². The number of nitrogens with two attached hydrogens (primary N) is 2. The molecule has 3 aromatic rings. The molecule has 0 radical (unpaired) electrons. The average molecular weight is 649 g/mol. The number of fused-ring (bicyclic) bond motifs is 2. The summed E-state index contributed by atoms with van der Waals surface area (Å²) in [7, 11) is 1.79. The van der Waals surface area contributed by atoms with Crippen molar-refractivity contribution in [3.05, 3.63) is 34.7 Å². The lowest BCUT2D eigenvalue weighted by Crippen LogP contribution is -2.71. The molecule has 2 aliphatic rings. The third kappa shape index (κ3) is 5.67.